The number of hydrogen-bond donors (Lipinski definition) is 2. The van der Waals surface area contributed by atoms with Crippen molar-refractivity contribution in [3.63, 3.8) is 0 Å². The molecule has 0 saturated heterocycles. The third-order valence-corrected chi connectivity index (χ3v) is 3.51. The average Bonchev–Trinajstić information content (AvgIpc) is 3.12. The van der Waals surface area contributed by atoms with E-state index in [1.54, 1.807) is 18.2 Å². The molecule has 1 aliphatic carbocycles. The summed E-state index contributed by atoms with van der Waals surface area (Å²) in [5.41, 5.74) is 6.67. The molecule has 3 nitrogen and oxygen atoms in total. The van der Waals surface area contributed by atoms with Crippen LogP contribution in [0.2, 0.25) is 5.02 Å². The number of nitrogen functional groups attached to an aromatic ring is 1. The Balaban J connectivity index is 1.96. The summed E-state index contributed by atoms with van der Waals surface area (Å²) < 4.78 is 0. The summed E-state index contributed by atoms with van der Waals surface area (Å²) >= 11 is 5.85. The molecule has 92 valence electrons. The zero-order chi connectivity index (χ0) is 12.4. The molecule has 1 aromatic rings. The Kier molecular flexibility index (Phi) is 3.57. The first-order chi connectivity index (χ1) is 8.08. The molecule has 1 unspecified atom stereocenters. The van der Waals surface area contributed by atoms with Crippen LogP contribution in [0, 0.1) is 11.8 Å². The summed E-state index contributed by atoms with van der Waals surface area (Å²) in [6.45, 7) is 2.87. The Morgan fingerprint density at radius 1 is 1.59 bits per heavy atom. The van der Waals surface area contributed by atoms with E-state index in [4.69, 9.17) is 17.3 Å². The number of carbonyl (C=O) groups excluding carboxylic acids is 1. The van der Waals surface area contributed by atoms with Crippen molar-refractivity contribution >= 4 is 23.2 Å². The molecule has 0 heterocycles. The van der Waals surface area contributed by atoms with Gasteiger partial charge in [0.25, 0.3) is 5.91 Å². The SMILES string of the molecule is CC(CNC(=O)c1cc(Cl)ccc1N)C1CC1. The minimum atomic E-state index is -0.141. The predicted octanol–water partition coefficient (Wildman–Crippen LogP) is 2.70. The predicted molar refractivity (Wildman–Crippen MR) is 70.1 cm³/mol. The second kappa shape index (κ2) is 4.96. The second-order valence-electron chi connectivity index (χ2n) is 4.76. The Morgan fingerprint density at radius 3 is 2.94 bits per heavy atom. The molecule has 1 aromatic carbocycles. The largest absolute Gasteiger partial charge is 0.398 e. The van der Waals surface area contributed by atoms with E-state index in [9.17, 15) is 4.79 Å². The maximum Gasteiger partial charge on any atom is 0.253 e. The third-order valence-electron chi connectivity index (χ3n) is 3.27. The highest BCUT2D eigenvalue weighted by Crippen LogP contribution is 2.36. The van der Waals surface area contributed by atoms with Gasteiger partial charge >= 0.3 is 0 Å². The number of hydrogen-bond acceptors (Lipinski definition) is 2. The summed E-state index contributed by atoms with van der Waals surface area (Å²) in [4.78, 5) is 11.9. The van der Waals surface area contributed by atoms with Gasteiger partial charge < -0.3 is 11.1 Å². The summed E-state index contributed by atoms with van der Waals surface area (Å²) in [5, 5.41) is 3.44. The van der Waals surface area contributed by atoms with E-state index in [-0.39, 0.29) is 5.91 Å². The van der Waals surface area contributed by atoms with Crippen molar-refractivity contribution in [2.75, 3.05) is 12.3 Å². The molecule has 1 amide bonds. The summed E-state index contributed by atoms with van der Waals surface area (Å²) in [6.07, 6.45) is 2.58. The normalized spacial score (nSPS) is 16.6. The van der Waals surface area contributed by atoms with Crippen molar-refractivity contribution in [2.24, 2.45) is 11.8 Å². The lowest BCUT2D eigenvalue weighted by atomic mass is 10.1. The van der Waals surface area contributed by atoms with E-state index >= 15 is 0 Å². The van der Waals surface area contributed by atoms with Crippen LogP contribution in [0.5, 0.6) is 0 Å². The number of nitrogens with two attached hydrogens (primary N) is 1. The number of nitrogens with one attached hydrogen (secondary N) is 1. The van der Waals surface area contributed by atoms with Crippen molar-refractivity contribution in [1.29, 1.82) is 0 Å². The fraction of sp³-hybridized carbons (Fsp3) is 0.462. The molecular weight excluding hydrogens is 236 g/mol. The Labute approximate surface area is 106 Å². The van der Waals surface area contributed by atoms with Crippen LogP contribution in [0.4, 0.5) is 5.69 Å². The van der Waals surface area contributed by atoms with E-state index in [0.29, 0.717) is 28.7 Å². The van der Waals surface area contributed by atoms with E-state index in [0.717, 1.165) is 5.92 Å². The maximum absolute atomic E-state index is 11.9. The summed E-state index contributed by atoms with van der Waals surface area (Å²) in [5.74, 6) is 1.18. The second-order valence-corrected chi connectivity index (χ2v) is 5.19. The molecular formula is C13H17ClN2O. The van der Waals surface area contributed by atoms with Crippen LogP contribution in [0.15, 0.2) is 18.2 Å². The fourth-order valence-electron chi connectivity index (χ4n) is 1.91. The van der Waals surface area contributed by atoms with Crippen LogP contribution in [0.25, 0.3) is 0 Å². The van der Waals surface area contributed by atoms with Crippen molar-refractivity contribution in [3.8, 4) is 0 Å². The van der Waals surface area contributed by atoms with Gasteiger partial charge in [-0.15, -0.1) is 0 Å². The highest BCUT2D eigenvalue weighted by molar-refractivity contribution is 6.31. The molecule has 1 atom stereocenters. The quantitative estimate of drug-likeness (QED) is 0.810. The number of carbonyl (C=O) groups is 1. The van der Waals surface area contributed by atoms with E-state index in [1.807, 2.05) is 0 Å². The molecule has 0 radical (unpaired) electrons. The average molecular weight is 253 g/mol. The van der Waals surface area contributed by atoms with Crippen molar-refractivity contribution in [2.45, 2.75) is 19.8 Å². The van der Waals surface area contributed by atoms with Crippen LogP contribution in [-0.2, 0) is 0 Å². The van der Waals surface area contributed by atoms with Gasteiger partial charge in [-0.3, -0.25) is 4.79 Å². The van der Waals surface area contributed by atoms with Crippen LogP contribution in [0.3, 0.4) is 0 Å². The standard InChI is InChI=1S/C13H17ClN2O/c1-8(9-2-3-9)7-16-13(17)11-6-10(14)4-5-12(11)15/h4-6,8-9H,2-3,7,15H2,1H3,(H,16,17). The smallest absolute Gasteiger partial charge is 0.253 e. The lowest BCUT2D eigenvalue weighted by Gasteiger charge is -2.12. The molecule has 0 aliphatic heterocycles. The van der Waals surface area contributed by atoms with Crippen molar-refractivity contribution in [3.05, 3.63) is 28.8 Å². The Morgan fingerprint density at radius 2 is 2.29 bits per heavy atom. The van der Waals surface area contributed by atoms with Gasteiger partial charge in [0.15, 0.2) is 0 Å². The monoisotopic (exact) mass is 252 g/mol. The van der Waals surface area contributed by atoms with Crippen LogP contribution < -0.4 is 11.1 Å². The van der Waals surface area contributed by atoms with Crippen LogP contribution in [-0.4, -0.2) is 12.5 Å². The molecule has 1 saturated carbocycles. The number of anilines is 1. The summed E-state index contributed by atoms with van der Waals surface area (Å²) in [7, 11) is 0. The highest BCUT2D eigenvalue weighted by atomic mass is 35.5. The van der Waals surface area contributed by atoms with E-state index in [2.05, 4.69) is 12.2 Å². The van der Waals surface area contributed by atoms with Gasteiger partial charge in [0.1, 0.15) is 0 Å². The first-order valence-electron chi connectivity index (χ1n) is 5.91. The summed E-state index contributed by atoms with van der Waals surface area (Å²) in [6, 6.07) is 4.94. The van der Waals surface area contributed by atoms with Gasteiger partial charge in [0, 0.05) is 17.3 Å². The van der Waals surface area contributed by atoms with Gasteiger partial charge in [-0.25, -0.2) is 0 Å². The lowest BCUT2D eigenvalue weighted by Crippen LogP contribution is -2.29. The maximum atomic E-state index is 11.9. The number of amides is 1. The fourth-order valence-corrected chi connectivity index (χ4v) is 2.08. The number of halogens is 1. The van der Waals surface area contributed by atoms with Crippen molar-refractivity contribution in [1.82, 2.24) is 5.32 Å². The zero-order valence-electron chi connectivity index (χ0n) is 9.87. The van der Waals surface area contributed by atoms with E-state index < -0.39 is 0 Å². The molecule has 0 bridgehead atoms. The molecule has 1 aliphatic rings. The molecule has 0 spiro atoms. The third kappa shape index (κ3) is 3.13. The van der Waals surface area contributed by atoms with Crippen molar-refractivity contribution < 1.29 is 4.79 Å². The first-order valence-corrected chi connectivity index (χ1v) is 6.29. The van der Waals surface area contributed by atoms with Gasteiger partial charge in [0.2, 0.25) is 0 Å². The van der Waals surface area contributed by atoms with Gasteiger partial charge in [-0.05, 0) is 42.9 Å². The van der Waals surface area contributed by atoms with Crippen LogP contribution >= 0.6 is 11.6 Å². The molecule has 0 aromatic heterocycles. The first kappa shape index (κ1) is 12.2. The number of rotatable bonds is 4. The lowest BCUT2D eigenvalue weighted by molar-refractivity contribution is 0.0947. The van der Waals surface area contributed by atoms with Gasteiger partial charge in [0.05, 0.1) is 5.56 Å². The zero-order valence-corrected chi connectivity index (χ0v) is 10.6. The molecule has 17 heavy (non-hydrogen) atoms. The molecule has 1 fully saturated rings. The van der Waals surface area contributed by atoms with Crippen LogP contribution in [0.1, 0.15) is 30.1 Å². The Hall–Kier alpha value is -1.22. The van der Waals surface area contributed by atoms with Gasteiger partial charge in [-0.1, -0.05) is 18.5 Å². The Bertz CT molecular complexity index is 429. The molecule has 2 rings (SSSR count). The minimum absolute atomic E-state index is 0.141. The minimum Gasteiger partial charge on any atom is -0.398 e. The number of benzene rings is 1. The molecule has 3 N–H and O–H groups in total. The van der Waals surface area contributed by atoms with E-state index in [1.165, 1.54) is 12.8 Å². The highest BCUT2D eigenvalue weighted by Gasteiger charge is 2.28. The van der Waals surface area contributed by atoms with Gasteiger partial charge in [-0.2, -0.15) is 0 Å². The topological polar surface area (TPSA) is 55.1 Å². The molecule has 4 heteroatoms.